The highest BCUT2D eigenvalue weighted by Crippen LogP contribution is 2.19. The Morgan fingerprint density at radius 3 is 2.10 bits per heavy atom. The molecule has 0 aliphatic carbocycles. The van der Waals surface area contributed by atoms with Crippen LogP contribution in [0.25, 0.3) is 0 Å². The van der Waals surface area contributed by atoms with Crippen molar-refractivity contribution in [2.45, 2.75) is 59.2 Å². The summed E-state index contributed by atoms with van der Waals surface area (Å²) in [6.45, 7) is 13.4. The summed E-state index contributed by atoms with van der Waals surface area (Å²) in [6.07, 6.45) is 0. The van der Waals surface area contributed by atoms with Crippen molar-refractivity contribution in [2.24, 2.45) is 5.92 Å². The highest BCUT2D eigenvalue weighted by Gasteiger charge is 2.25. The number of rotatable bonds is 6. The van der Waals surface area contributed by atoms with Crippen LogP contribution in [0, 0.1) is 5.92 Å². The molecule has 1 atom stereocenters. The van der Waals surface area contributed by atoms with E-state index >= 15 is 0 Å². The Hall–Kier alpha value is -1.06. The van der Waals surface area contributed by atoms with Crippen LogP contribution in [0.2, 0.25) is 0 Å². The number of hydrogen-bond donors (Lipinski definition) is 2. The molecule has 3 heteroatoms. The van der Waals surface area contributed by atoms with E-state index in [1.165, 1.54) is 5.56 Å². The lowest BCUT2D eigenvalue weighted by Crippen LogP contribution is -2.37. The monoisotopic (exact) mass is 279 g/mol. The van der Waals surface area contributed by atoms with Gasteiger partial charge >= 0.3 is 0 Å². The molecule has 2 N–H and O–H groups in total. The second-order valence-corrected chi connectivity index (χ2v) is 7.05. The van der Waals surface area contributed by atoms with E-state index < -0.39 is 5.60 Å². The molecule has 1 unspecified atom stereocenters. The molecule has 0 saturated carbocycles. The maximum absolute atomic E-state index is 10.1. The quantitative estimate of drug-likeness (QED) is 0.839. The van der Waals surface area contributed by atoms with Crippen LogP contribution < -0.4 is 10.1 Å². The minimum Gasteiger partial charge on any atom is -0.491 e. The second kappa shape index (κ2) is 6.59. The van der Waals surface area contributed by atoms with E-state index in [0.717, 1.165) is 12.3 Å². The first-order chi connectivity index (χ1) is 9.10. The third-order valence-corrected chi connectivity index (χ3v) is 3.52. The van der Waals surface area contributed by atoms with Gasteiger partial charge in [-0.05, 0) is 51.3 Å². The van der Waals surface area contributed by atoms with Gasteiger partial charge in [0.05, 0.1) is 5.60 Å². The van der Waals surface area contributed by atoms with Gasteiger partial charge < -0.3 is 15.2 Å². The Kier molecular flexibility index (Phi) is 5.60. The van der Waals surface area contributed by atoms with Crippen LogP contribution in [0.5, 0.6) is 5.75 Å². The molecule has 0 heterocycles. The lowest BCUT2D eigenvalue weighted by Gasteiger charge is -2.27. The van der Waals surface area contributed by atoms with Crippen molar-refractivity contribution in [3.8, 4) is 5.75 Å². The van der Waals surface area contributed by atoms with Crippen LogP contribution in [0.4, 0.5) is 0 Å². The molecule has 0 aliphatic heterocycles. The number of ether oxygens (including phenoxy) is 1. The Bertz CT molecular complexity index is 402. The van der Waals surface area contributed by atoms with Crippen molar-refractivity contribution >= 4 is 0 Å². The standard InChI is InChI=1S/C17H29NO2/c1-13(2)17(6,19)12-20-15-9-7-14(8-10-15)11-18-16(3,4)5/h7-10,13,18-19H,11-12H2,1-6H3. The van der Waals surface area contributed by atoms with Crippen molar-refractivity contribution in [1.29, 1.82) is 0 Å². The molecular weight excluding hydrogens is 250 g/mol. The average Bonchev–Trinajstić information content (AvgIpc) is 2.34. The molecule has 0 radical (unpaired) electrons. The van der Waals surface area contributed by atoms with Gasteiger partial charge in [0, 0.05) is 12.1 Å². The molecule has 0 spiro atoms. The zero-order chi connectivity index (χ0) is 15.4. The van der Waals surface area contributed by atoms with E-state index in [-0.39, 0.29) is 11.5 Å². The largest absolute Gasteiger partial charge is 0.491 e. The molecule has 1 rings (SSSR count). The van der Waals surface area contributed by atoms with Gasteiger partial charge in [-0.3, -0.25) is 0 Å². The van der Waals surface area contributed by atoms with E-state index in [4.69, 9.17) is 4.74 Å². The van der Waals surface area contributed by atoms with E-state index in [9.17, 15) is 5.11 Å². The molecule has 0 aliphatic rings. The smallest absolute Gasteiger partial charge is 0.119 e. The molecule has 0 saturated heterocycles. The fourth-order valence-corrected chi connectivity index (χ4v) is 1.47. The zero-order valence-corrected chi connectivity index (χ0v) is 13.7. The Morgan fingerprint density at radius 1 is 1.10 bits per heavy atom. The topological polar surface area (TPSA) is 41.5 Å². The third kappa shape index (κ3) is 5.93. The van der Waals surface area contributed by atoms with Crippen LogP contribution >= 0.6 is 0 Å². The maximum atomic E-state index is 10.1. The molecule has 1 aromatic carbocycles. The van der Waals surface area contributed by atoms with Crippen molar-refractivity contribution in [3.63, 3.8) is 0 Å². The van der Waals surface area contributed by atoms with Gasteiger partial charge in [0.25, 0.3) is 0 Å². The highest BCUT2D eigenvalue weighted by molar-refractivity contribution is 5.27. The van der Waals surface area contributed by atoms with E-state index in [1.54, 1.807) is 6.92 Å². The predicted octanol–water partition coefficient (Wildman–Crippen LogP) is 3.36. The van der Waals surface area contributed by atoms with Gasteiger partial charge in [0.2, 0.25) is 0 Å². The van der Waals surface area contributed by atoms with Crippen LogP contribution in [0.15, 0.2) is 24.3 Å². The number of hydrogen-bond acceptors (Lipinski definition) is 3. The molecule has 0 aromatic heterocycles. The minimum absolute atomic E-state index is 0.116. The highest BCUT2D eigenvalue weighted by atomic mass is 16.5. The van der Waals surface area contributed by atoms with Crippen molar-refractivity contribution in [3.05, 3.63) is 29.8 Å². The summed E-state index contributed by atoms with van der Waals surface area (Å²) < 4.78 is 5.66. The fourth-order valence-electron chi connectivity index (χ4n) is 1.47. The molecule has 1 aromatic rings. The first kappa shape index (κ1) is 17.0. The number of benzene rings is 1. The summed E-state index contributed by atoms with van der Waals surface area (Å²) in [7, 11) is 0. The predicted molar refractivity (Wildman–Crippen MR) is 84.0 cm³/mol. The SMILES string of the molecule is CC(C)C(C)(O)COc1ccc(CNC(C)(C)C)cc1. The van der Waals surface area contributed by atoms with Crippen LogP contribution in [0.1, 0.15) is 47.1 Å². The lowest BCUT2D eigenvalue weighted by molar-refractivity contribution is -0.0266. The molecule has 114 valence electrons. The van der Waals surface area contributed by atoms with Crippen LogP contribution in [0.3, 0.4) is 0 Å². The molecule has 0 bridgehead atoms. The third-order valence-electron chi connectivity index (χ3n) is 3.52. The summed E-state index contributed by atoms with van der Waals surface area (Å²) in [6, 6.07) is 8.02. The van der Waals surface area contributed by atoms with Gasteiger partial charge in [0.1, 0.15) is 12.4 Å². The summed E-state index contributed by atoms with van der Waals surface area (Å²) >= 11 is 0. The molecule has 20 heavy (non-hydrogen) atoms. The first-order valence-electron chi connectivity index (χ1n) is 7.29. The summed E-state index contributed by atoms with van der Waals surface area (Å²) in [5.41, 5.74) is 0.542. The Balaban J connectivity index is 2.51. The normalized spacial score (nSPS) is 15.2. The van der Waals surface area contributed by atoms with Crippen molar-refractivity contribution < 1.29 is 9.84 Å². The summed E-state index contributed by atoms with van der Waals surface area (Å²) in [5, 5.41) is 13.6. The molecule has 0 amide bonds. The zero-order valence-electron chi connectivity index (χ0n) is 13.7. The van der Waals surface area contributed by atoms with E-state index in [0.29, 0.717) is 6.61 Å². The van der Waals surface area contributed by atoms with Crippen molar-refractivity contribution in [1.82, 2.24) is 5.32 Å². The fraction of sp³-hybridized carbons (Fsp3) is 0.647. The lowest BCUT2D eigenvalue weighted by atomic mass is 9.94. The Morgan fingerprint density at radius 2 is 1.65 bits per heavy atom. The number of nitrogens with one attached hydrogen (secondary N) is 1. The first-order valence-corrected chi connectivity index (χ1v) is 7.29. The van der Waals surface area contributed by atoms with E-state index in [2.05, 4.69) is 38.2 Å². The van der Waals surface area contributed by atoms with Crippen molar-refractivity contribution in [2.75, 3.05) is 6.61 Å². The minimum atomic E-state index is -0.799. The van der Waals surface area contributed by atoms with E-state index in [1.807, 2.05) is 26.0 Å². The molecular formula is C17H29NO2. The molecule has 3 nitrogen and oxygen atoms in total. The summed E-state index contributed by atoms with van der Waals surface area (Å²) in [4.78, 5) is 0. The van der Waals surface area contributed by atoms with Gasteiger partial charge in [-0.15, -0.1) is 0 Å². The van der Waals surface area contributed by atoms with Crippen LogP contribution in [-0.4, -0.2) is 22.9 Å². The Labute approximate surface area is 123 Å². The molecule has 0 fully saturated rings. The van der Waals surface area contributed by atoms with Gasteiger partial charge in [-0.1, -0.05) is 26.0 Å². The van der Waals surface area contributed by atoms with Gasteiger partial charge in [-0.2, -0.15) is 0 Å². The van der Waals surface area contributed by atoms with Gasteiger partial charge in [0.15, 0.2) is 0 Å². The van der Waals surface area contributed by atoms with Gasteiger partial charge in [-0.25, -0.2) is 0 Å². The average molecular weight is 279 g/mol. The number of aliphatic hydroxyl groups is 1. The van der Waals surface area contributed by atoms with Crippen LogP contribution in [-0.2, 0) is 6.54 Å². The second-order valence-electron chi connectivity index (χ2n) is 7.05. The summed E-state index contributed by atoms with van der Waals surface area (Å²) in [5.74, 6) is 0.961. The maximum Gasteiger partial charge on any atom is 0.119 e.